The molecule has 11 heteroatoms. The lowest BCUT2D eigenvalue weighted by molar-refractivity contribution is 0.550. The normalized spacial score (nSPS) is 12.7. The number of nitrogens with one attached hydrogen (secondary N) is 2. The van der Waals surface area contributed by atoms with Crippen LogP contribution in [0.4, 0.5) is 8.78 Å². The van der Waals surface area contributed by atoms with Crippen LogP contribution in [-0.2, 0) is 23.5 Å². The van der Waals surface area contributed by atoms with Crippen LogP contribution in [-0.4, -0.2) is 23.0 Å². The summed E-state index contributed by atoms with van der Waals surface area (Å²) in [7, 11) is -2.86. The number of H-pyrrole nitrogens is 1. The highest BCUT2D eigenvalue weighted by Crippen LogP contribution is 2.23. The first kappa shape index (κ1) is 22.5. The van der Waals surface area contributed by atoms with Gasteiger partial charge >= 0.3 is 5.69 Å². The maximum absolute atomic E-state index is 13.9. The monoisotopic (exact) mass is 472 g/mol. The van der Waals surface area contributed by atoms with Crippen molar-refractivity contribution in [1.29, 1.82) is 0 Å². The summed E-state index contributed by atoms with van der Waals surface area (Å²) >= 11 is 0. The SMILES string of the molecule is Cn1c(=O)[nH]c(=O)c2cc(S(=O)(=O)NC(Cc3cccc(F)c3)c3cccc(F)c3)cnc21. The van der Waals surface area contributed by atoms with Crippen LogP contribution in [0.3, 0.4) is 0 Å². The van der Waals surface area contributed by atoms with Gasteiger partial charge in [-0.1, -0.05) is 24.3 Å². The van der Waals surface area contributed by atoms with Gasteiger partial charge in [0, 0.05) is 13.2 Å². The Kier molecular flexibility index (Phi) is 5.91. The number of hydrogen-bond donors (Lipinski definition) is 2. The zero-order valence-electron chi connectivity index (χ0n) is 17.2. The highest BCUT2D eigenvalue weighted by Gasteiger charge is 2.24. The molecule has 4 rings (SSSR count). The van der Waals surface area contributed by atoms with E-state index in [-0.39, 0.29) is 22.3 Å². The van der Waals surface area contributed by atoms with E-state index < -0.39 is 38.9 Å². The summed E-state index contributed by atoms with van der Waals surface area (Å²) in [6, 6.07) is 11.2. The average molecular weight is 472 g/mol. The summed E-state index contributed by atoms with van der Waals surface area (Å²) in [5.41, 5.74) is -0.620. The van der Waals surface area contributed by atoms with Crippen LogP contribution in [0.25, 0.3) is 11.0 Å². The predicted molar refractivity (Wildman–Crippen MR) is 117 cm³/mol. The highest BCUT2D eigenvalue weighted by molar-refractivity contribution is 7.89. The molecule has 0 amide bonds. The van der Waals surface area contributed by atoms with Gasteiger partial charge in [0.25, 0.3) is 5.56 Å². The molecule has 0 aliphatic rings. The Morgan fingerprint density at radius 3 is 2.45 bits per heavy atom. The van der Waals surface area contributed by atoms with E-state index in [1.165, 1.54) is 43.4 Å². The van der Waals surface area contributed by atoms with Gasteiger partial charge in [-0.2, -0.15) is 0 Å². The fourth-order valence-corrected chi connectivity index (χ4v) is 4.66. The van der Waals surface area contributed by atoms with Crippen LogP contribution >= 0.6 is 0 Å². The van der Waals surface area contributed by atoms with Crippen LogP contribution in [0.2, 0.25) is 0 Å². The van der Waals surface area contributed by atoms with Crippen LogP contribution in [0.15, 0.2) is 75.3 Å². The van der Waals surface area contributed by atoms with Gasteiger partial charge in [-0.05, 0) is 47.9 Å². The van der Waals surface area contributed by atoms with Crippen LogP contribution in [0.1, 0.15) is 17.2 Å². The molecule has 2 aromatic heterocycles. The van der Waals surface area contributed by atoms with E-state index in [0.717, 1.165) is 16.8 Å². The highest BCUT2D eigenvalue weighted by atomic mass is 32.2. The zero-order chi connectivity index (χ0) is 23.8. The van der Waals surface area contributed by atoms with Crippen LogP contribution in [0, 0.1) is 11.6 Å². The van der Waals surface area contributed by atoms with Crippen LogP contribution in [0.5, 0.6) is 0 Å². The molecule has 170 valence electrons. The molecule has 0 saturated heterocycles. The number of aromatic nitrogens is 3. The van der Waals surface area contributed by atoms with Crippen molar-refractivity contribution >= 4 is 21.1 Å². The Balaban J connectivity index is 1.76. The van der Waals surface area contributed by atoms with Gasteiger partial charge in [-0.3, -0.25) is 14.3 Å². The van der Waals surface area contributed by atoms with E-state index in [9.17, 15) is 26.8 Å². The molecule has 2 heterocycles. The van der Waals surface area contributed by atoms with Gasteiger partial charge in [0.05, 0.1) is 11.4 Å². The Morgan fingerprint density at radius 1 is 1.06 bits per heavy atom. The molecular weight excluding hydrogens is 454 g/mol. The largest absolute Gasteiger partial charge is 0.329 e. The molecular formula is C22H18F2N4O4S. The standard InChI is InChI=1S/C22H18F2N4O4S/c1-28-20-18(21(29)26-22(28)30)11-17(12-25-20)33(31,32)27-19(14-5-3-7-16(24)10-14)9-13-4-2-6-15(23)8-13/h2-8,10-12,19,27H,9H2,1H3,(H,26,29,30). The fourth-order valence-electron chi connectivity index (χ4n) is 3.47. The summed E-state index contributed by atoms with van der Waals surface area (Å²) < 4.78 is 57.4. The second-order valence-corrected chi connectivity index (χ2v) is 9.14. The van der Waals surface area contributed by atoms with Gasteiger partial charge in [-0.25, -0.2) is 31.7 Å². The van der Waals surface area contributed by atoms with E-state index in [2.05, 4.69) is 14.7 Å². The molecule has 2 aromatic carbocycles. The van der Waals surface area contributed by atoms with E-state index in [1.807, 2.05) is 0 Å². The molecule has 0 radical (unpaired) electrons. The maximum atomic E-state index is 13.9. The van der Waals surface area contributed by atoms with Gasteiger partial charge in [0.1, 0.15) is 22.2 Å². The Bertz CT molecular complexity index is 1580. The van der Waals surface area contributed by atoms with Crippen molar-refractivity contribution in [3.05, 3.63) is 104 Å². The Labute approximate surface area is 186 Å². The van der Waals surface area contributed by atoms with Gasteiger partial charge in [0.15, 0.2) is 0 Å². The molecule has 4 aromatic rings. The molecule has 1 atom stereocenters. The molecule has 33 heavy (non-hydrogen) atoms. The zero-order valence-corrected chi connectivity index (χ0v) is 18.1. The minimum absolute atomic E-state index is 0.0177. The Morgan fingerprint density at radius 2 is 1.76 bits per heavy atom. The lowest BCUT2D eigenvalue weighted by Crippen LogP contribution is -2.31. The molecule has 0 aliphatic carbocycles. The summed E-state index contributed by atoms with van der Waals surface area (Å²) in [6.45, 7) is 0. The molecule has 0 aliphatic heterocycles. The number of nitrogens with zero attached hydrogens (tertiary/aromatic N) is 2. The Hall–Kier alpha value is -3.70. The number of fused-ring (bicyclic) bond motifs is 1. The number of halogens is 2. The van der Waals surface area contributed by atoms with E-state index >= 15 is 0 Å². The third-order valence-corrected chi connectivity index (χ3v) is 6.56. The number of benzene rings is 2. The summed E-state index contributed by atoms with van der Waals surface area (Å²) in [5.74, 6) is -1.05. The van der Waals surface area contributed by atoms with Crippen molar-refractivity contribution in [2.45, 2.75) is 17.4 Å². The van der Waals surface area contributed by atoms with Crippen molar-refractivity contribution in [3.63, 3.8) is 0 Å². The van der Waals surface area contributed by atoms with Gasteiger partial charge in [-0.15, -0.1) is 0 Å². The first-order valence-electron chi connectivity index (χ1n) is 9.75. The predicted octanol–water partition coefficient (Wildman–Crippen LogP) is 2.16. The lowest BCUT2D eigenvalue weighted by atomic mass is 9.99. The number of rotatable bonds is 6. The maximum Gasteiger partial charge on any atom is 0.329 e. The van der Waals surface area contributed by atoms with Gasteiger partial charge < -0.3 is 0 Å². The number of sulfonamides is 1. The minimum Gasteiger partial charge on any atom is -0.281 e. The van der Waals surface area contributed by atoms with Crippen molar-refractivity contribution in [1.82, 2.24) is 19.3 Å². The van der Waals surface area contributed by atoms with E-state index in [1.54, 1.807) is 12.1 Å². The average Bonchev–Trinajstić information content (AvgIpc) is 2.77. The summed E-state index contributed by atoms with van der Waals surface area (Å²) in [4.78, 5) is 29.7. The van der Waals surface area contributed by atoms with Gasteiger partial charge in [0.2, 0.25) is 10.0 Å². The number of pyridine rings is 1. The smallest absolute Gasteiger partial charge is 0.281 e. The number of aryl methyl sites for hydroxylation is 1. The van der Waals surface area contributed by atoms with Crippen molar-refractivity contribution in [2.24, 2.45) is 7.05 Å². The van der Waals surface area contributed by atoms with Crippen molar-refractivity contribution in [3.8, 4) is 0 Å². The third-order valence-electron chi connectivity index (χ3n) is 5.12. The molecule has 0 saturated carbocycles. The molecule has 0 fully saturated rings. The summed E-state index contributed by atoms with van der Waals surface area (Å²) in [6.07, 6.45) is 1.06. The van der Waals surface area contributed by atoms with E-state index in [0.29, 0.717) is 11.1 Å². The third kappa shape index (κ3) is 4.73. The van der Waals surface area contributed by atoms with Crippen molar-refractivity contribution < 1.29 is 17.2 Å². The van der Waals surface area contributed by atoms with Crippen LogP contribution < -0.4 is 16.0 Å². The number of hydrogen-bond acceptors (Lipinski definition) is 5. The molecule has 8 nitrogen and oxygen atoms in total. The molecule has 2 N–H and O–H groups in total. The molecule has 0 bridgehead atoms. The second kappa shape index (κ2) is 8.68. The number of aromatic amines is 1. The topological polar surface area (TPSA) is 114 Å². The fraction of sp³-hybridized carbons (Fsp3) is 0.136. The molecule has 1 unspecified atom stereocenters. The summed E-state index contributed by atoms with van der Waals surface area (Å²) in [5, 5.41) is -0.0904. The first-order valence-corrected chi connectivity index (χ1v) is 11.2. The lowest BCUT2D eigenvalue weighted by Gasteiger charge is -2.20. The second-order valence-electron chi connectivity index (χ2n) is 7.42. The van der Waals surface area contributed by atoms with Crippen molar-refractivity contribution in [2.75, 3.05) is 0 Å². The minimum atomic E-state index is -4.25. The quantitative estimate of drug-likeness (QED) is 0.447. The molecule has 0 spiro atoms. The first-order chi connectivity index (χ1) is 15.6. The van der Waals surface area contributed by atoms with E-state index in [4.69, 9.17) is 0 Å².